The summed E-state index contributed by atoms with van der Waals surface area (Å²) >= 11 is 0. The van der Waals surface area contributed by atoms with Crippen LogP contribution in [-0.2, 0) is 4.74 Å². The van der Waals surface area contributed by atoms with Gasteiger partial charge < -0.3 is 14.5 Å². The third-order valence-electron chi connectivity index (χ3n) is 3.11. The number of nitrogens with zero attached hydrogens (tertiary/aromatic N) is 2. The maximum atomic E-state index is 11.8. The van der Waals surface area contributed by atoms with E-state index in [4.69, 9.17) is 4.74 Å². The molecule has 1 aliphatic heterocycles. The highest BCUT2D eigenvalue weighted by Crippen LogP contribution is 2.29. The van der Waals surface area contributed by atoms with Gasteiger partial charge in [0, 0.05) is 20.6 Å². The monoisotopic (exact) mass is 198 g/mol. The Labute approximate surface area is 84.8 Å². The molecule has 1 saturated carbocycles. The third-order valence-corrected chi connectivity index (χ3v) is 3.11. The number of hydrogen-bond acceptors (Lipinski definition) is 2. The number of hydrogen-bond donors (Lipinski definition) is 0. The predicted octanol–water partition coefficient (Wildman–Crippen LogP) is 0.921. The van der Waals surface area contributed by atoms with Crippen LogP contribution in [-0.4, -0.2) is 55.2 Å². The molecule has 1 aliphatic carbocycles. The molecule has 2 unspecified atom stereocenters. The van der Waals surface area contributed by atoms with Crippen LogP contribution in [0, 0.1) is 0 Å². The first kappa shape index (κ1) is 9.77. The lowest BCUT2D eigenvalue weighted by Crippen LogP contribution is -2.54. The van der Waals surface area contributed by atoms with E-state index in [9.17, 15) is 4.79 Å². The van der Waals surface area contributed by atoms with Gasteiger partial charge in [-0.15, -0.1) is 0 Å². The van der Waals surface area contributed by atoms with Crippen LogP contribution in [0.1, 0.15) is 19.3 Å². The minimum Gasteiger partial charge on any atom is -0.374 e. The van der Waals surface area contributed by atoms with Gasteiger partial charge in [0.15, 0.2) is 0 Å². The Morgan fingerprint density at radius 1 is 1.43 bits per heavy atom. The van der Waals surface area contributed by atoms with Gasteiger partial charge in [0.2, 0.25) is 0 Å². The second kappa shape index (κ2) is 3.77. The lowest BCUT2D eigenvalue weighted by Gasteiger charge is -2.38. The van der Waals surface area contributed by atoms with Crippen molar-refractivity contribution in [1.29, 1.82) is 0 Å². The van der Waals surface area contributed by atoms with Crippen LogP contribution < -0.4 is 0 Å². The number of carbonyl (C=O) groups excluding carboxylic acids is 1. The summed E-state index contributed by atoms with van der Waals surface area (Å²) in [5.41, 5.74) is 0. The Morgan fingerprint density at radius 2 is 2.21 bits per heavy atom. The van der Waals surface area contributed by atoms with Crippen molar-refractivity contribution in [3.05, 3.63) is 0 Å². The standard InChI is InChI=1S/C10H18N2O2/c1-11(2)10(13)12-6-7-14-9-5-3-4-8(9)12/h8-9H,3-7H2,1-2H3. The average Bonchev–Trinajstić information content (AvgIpc) is 2.63. The molecular formula is C10H18N2O2. The molecule has 14 heavy (non-hydrogen) atoms. The smallest absolute Gasteiger partial charge is 0.319 e. The fraction of sp³-hybridized carbons (Fsp3) is 0.900. The molecule has 2 fully saturated rings. The molecule has 4 heteroatoms. The molecule has 2 atom stereocenters. The fourth-order valence-electron chi connectivity index (χ4n) is 2.42. The largest absolute Gasteiger partial charge is 0.374 e. The van der Waals surface area contributed by atoms with E-state index in [-0.39, 0.29) is 6.03 Å². The van der Waals surface area contributed by atoms with Crippen molar-refractivity contribution in [2.45, 2.75) is 31.4 Å². The van der Waals surface area contributed by atoms with E-state index < -0.39 is 0 Å². The number of urea groups is 1. The molecule has 1 heterocycles. The number of ether oxygens (including phenoxy) is 1. The summed E-state index contributed by atoms with van der Waals surface area (Å²) in [6, 6.07) is 0.462. The highest BCUT2D eigenvalue weighted by Gasteiger charge is 2.38. The van der Waals surface area contributed by atoms with E-state index in [1.807, 2.05) is 19.0 Å². The van der Waals surface area contributed by atoms with Crippen LogP contribution in [0.2, 0.25) is 0 Å². The van der Waals surface area contributed by atoms with Crippen molar-refractivity contribution in [3.8, 4) is 0 Å². The van der Waals surface area contributed by atoms with Crippen molar-refractivity contribution in [1.82, 2.24) is 9.80 Å². The van der Waals surface area contributed by atoms with Crippen LogP contribution in [0.15, 0.2) is 0 Å². The summed E-state index contributed by atoms with van der Waals surface area (Å²) in [5.74, 6) is 0. The van der Waals surface area contributed by atoms with E-state index in [0.717, 1.165) is 19.4 Å². The lowest BCUT2D eigenvalue weighted by molar-refractivity contribution is -0.0417. The van der Waals surface area contributed by atoms with Gasteiger partial charge in [0.1, 0.15) is 0 Å². The maximum Gasteiger partial charge on any atom is 0.319 e. The van der Waals surface area contributed by atoms with Crippen molar-refractivity contribution in [2.75, 3.05) is 27.2 Å². The van der Waals surface area contributed by atoms with Gasteiger partial charge in [0.25, 0.3) is 0 Å². The molecule has 0 aromatic rings. The summed E-state index contributed by atoms with van der Waals surface area (Å²) in [6.07, 6.45) is 3.70. The van der Waals surface area contributed by atoms with Gasteiger partial charge in [-0.1, -0.05) is 0 Å². The zero-order chi connectivity index (χ0) is 10.1. The van der Waals surface area contributed by atoms with Crippen LogP contribution >= 0.6 is 0 Å². The number of morpholine rings is 1. The Kier molecular flexibility index (Phi) is 2.63. The Bertz CT molecular complexity index is 230. The Balaban J connectivity index is 2.06. The van der Waals surface area contributed by atoms with E-state index in [0.29, 0.717) is 18.8 Å². The summed E-state index contributed by atoms with van der Waals surface area (Å²) in [4.78, 5) is 15.5. The van der Waals surface area contributed by atoms with E-state index in [1.54, 1.807) is 4.90 Å². The molecule has 2 rings (SSSR count). The maximum absolute atomic E-state index is 11.8. The molecule has 4 nitrogen and oxygen atoms in total. The number of rotatable bonds is 0. The minimum absolute atomic E-state index is 0.130. The lowest BCUT2D eigenvalue weighted by atomic mass is 10.1. The zero-order valence-electron chi connectivity index (χ0n) is 8.90. The molecule has 2 aliphatic rings. The van der Waals surface area contributed by atoms with Gasteiger partial charge in [0.05, 0.1) is 18.8 Å². The highest BCUT2D eigenvalue weighted by atomic mass is 16.5. The second-order valence-corrected chi connectivity index (χ2v) is 4.28. The summed E-state index contributed by atoms with van der Waals surface area (Å²) in [5, 5.41) is 0. The number of fused-ring (bicyclic) bond motifs is 1. The van der Waals surface area contributed by atoms with Crippen LogP contribution in [0.25, 0.3) is 0 Å². The van der Waals surface area contributed by atoms with Crippen molar-refractivity contribution in [2.24, 2.45) is 0 Å². The quantitative estimate of drug-likeness (QED) is 0.580. The molecule has 0 aromatic heterocycles. The highest BCUT2D eigenvalue weighted by molar-refractivity contribution is 5.74. The topological polar surface area (TPSA) is 32.8 Å². The molecule has 0 radical (unpaired) electrons. The van der Waals surface area contributed by atoms with Gasteiger partial charge in [-0.05, 0) is 19.3 Å². The molecule has 80 valence electrons. The van der Waals surface area contributed by atoms with Gasteiger partial charge in [-0.25, -0.2) is 4.79 Å². The van der Waals surface area contributed by atoms with Crippen molar-refractivity contribution in [3.63, 3.8) is 0 Å². The zero-order valence-corrected chi connectivity index (χ0v) is 8.90. The third kappa shape index (κ3) is 1.59. The summed E-state index contributed by atoms with van der Waals surface area (Å²) < 4.78 is 5.65. The van der Waals surface area contributed by atoms with E-state index in [2.05, 4.69) is 0 Å². The molecule has 0 spiro atoms. The molecular weight excluding hydrogens is 180 g/mol. The molecule has 2 amide bonds. The number of carbonyl (C=O) groups is 1. The second-order valence-electron chi connectivity index (χ2n) is 4.28. The summed E-state index contributed by atoms with van der Waals surface area (Å²) in [7, 11) is 3.61. The molecule has 0 aromatic carbocycles. The van der Waals surface area contributed by atoms with Gasteiger partial charge >= 0.3 is 6.03 Å². The molecule has 0 bridgehead atoms. The summed E-state index contributed by atoms with van der Waals surface area (Å²) in [6.45, 7) is 1.44. The molecule has 0 N–H and O–H groups in total. The first-order chi connectivity index (χ1) is 6.70. The Morgan fingerprint density at radius 3 is 2.93 bits per heavy atom. The normalized spacial score (nSPS) is 31.4. The predicted molar refractivity (Wildman–Crippen MR) is 53.2 cm³/mol. The van der Waals surface area contributed by atoms with Crippen LogP contribution in [0.4, 0.5) is 4.79 Å². The van der Waals surface area contributed by atoms with Gasteiger partial charge in [-0.2, -0.15) is 0 Å². The number of amides is 2. The minimum atomic E-state index is 0.130. The molecule has 1 saturated heterocycles. The average molecular weight is 198 g/mol. The van der Waals surface area contributed by atoms with Crippen LogP contribution in [0.3, 0.4) is 0 Å². The Hall–Kier alpha value is -0.770. The fourth-order valence-corrected chi connectivity index (χ4v) is 2.42. The first-order valence-corrected chi connectivity index (χ1v) is 5.29. The SMILES string of the molecule is CN(C)C(=O)N1CCOC2CCCC21. The van der Waals surface area contributed by atoms with Crippen LogP contribution in [0.5, 0.6) is 0 Å². The van der Waals surface area contributed by atoms with Crippen molar-refractivity contribution < 1.29 is 9.53 Å². The van der Waals surface area contributed by atoms with E-state index in [1.165, 1.54) is 6.42 Å². The van der Waals surface area contributed by atoms with Crippen molar-refractivity contribution >= 4 is 6.03 Å². The van der Waals surface area contributed by atoms with Gasteiger partial charge in [-0.3, -0.25) is 0 Å². The van der Waals surface area contributed by atoms with E-state index >= 15 is 0 Å². The first-order valence-electron chi connectivity index (χ1n) is 5.29.